The van der Waals surface area contributed by atoms with Crippen LogP contribution in [0.2, 0.25) is 5.02 Å². The number of aryl methyl sites for hydroxylation is 1. The van der Waals surface area contributed by atoms with Gasteiger partial charge >= 0.3 is 0 Å². The molecule has 0 aliphatic carbocycles. The Balaban J connectivity index is 1.42. The monoisotopic (exact) mass is 442 g/mol. The molecule has 4 rings (SSSR count). The molecule has 2 amide bonds. The average molecular weight is 443 g/mol. The third kappa shape index (κ3) is 4.25. The molecule has 0 saturated carbocycles. The Bertz CT molecular complexity index is 1070. The summed E-state index contributed by atoms with van der Waals surface area (Å²) in [7, 11) is 0. The molecule has 0 spiro atoms. The number of benzene rings is 2. The number of amides is 2. The summed E-state index contributed by atoms with van der Waals surface area (Å²) in [6.45, 7) is 3.90. The molecular formula is C23H20ClFN2O2S. The summed E-state index contributed by atoms with van der Waals surface area (Å²) in [5.41, 5.74) is 2.49. The lowest BCUT2D eigenvalue weighted by Gasteiger charge is -2.34. The molecule has 0 N–H and O–H groups in total. The number of hydrogen-bond acceptors (Lipinski definition) is 3. The van der Waals surface area contributed by atoms with Crippen molar-refractivity contribution in [1.82, 2.24) is 9.80 Å². The molecule has 1 saturated heterocycles. The first-order chi connectivity index (χ1) is 14.4. The van der Waals surface area contributed by atoms with Gasteiger partial charge < -0.3 is 9.80 Å². The van der Waals surface area contributed by atoms with Crippen LogP contribution >= 0.6 is 22.9 Å². The van der Waals surface area contributed by atoms with Crippen LogP contribution in [0.3, 0.4) is 0 Å². The van der Waals surface area contributed by atoms with E-state index in [1.807, 2.05) is 13.0 Å². The molecule has 1 aromatic heterocycles. The van der Waals surface area contributed by atoms with Crippen LogP contribution in [0.15, 0.2) is 54.6 Å². The zero-order valence-electron chi connectivity index (χ0n) is 16.4. The van der Waals surface area contributed by atoms with E-state index >= 15 is 0 Å². The van der Waals surface area contributed by atoms with Gasteiger partial charge in [-0.15, -0.1) is 11.3 Å². The first kappa shape index (κ1) is 20.6. The fraction of sp³-hybridized carbons (Fsp3) is 0.217. The minimum Gasteiger partial charge on any atom is -0.335 e. The third-order valence-electron chi connectivity index (χ3n) is 5.18. The zero-order valence-corrected chi connectivity index (χ0v) is 18.0. The lowest BCUT2D eigenvalue weighted by atomic mass is 10.1. The fourth-order valence-electron chi connectivity index (χ4n) is 3.52. The molecule has 0 bridgehead atoms. The Hall–Kier alpha value is -2.70. The van der Waals surface area contributed by atoms with E-state index < -0.39 is 0 Å². The number of piperazine rings is 1. The van der Waals surface area contributed by atoms with Gasteiger partial charge in [-0.05, 0) is 60.5 Å². The molecule has 2 heterocycles. The number of rotatable bonds is 3. The summed E-state index contributed by atoms with van der Waals surface area (Å²) < 4.78 is 13.2. The Morgan fingerprint density at radius 3 is 2.07 bits per heavy atom. The van der Waals surface area contributed by atoms with Gasteiger partial charge in [0.2, 0.25) is 0 Å². The van der Waals surface area contributed by atoms with Crippen molar-refractivity contribution in [3.05, 3.63) is 81.4 Å². The third-order valence-corrected chi connectivity index (χ3v) is 6.71. The van der Waals surface area contributed by atoms with E-state index in [0.29, 0.717) is 41.6 Å². The second kappa shape index (κ2) is 8.58. The van der Waals surface area contributed by atoms with Crippen LogP contribution in [-0.2, 0) is 0 Å². The van der Waals surface area contributed by atoms with Gasteiger partial charge in [-0.2, -0.15) is 0 Å². The van der Waals surface area contributed by atoms with Gasteiger partial charge in [0.05, 0.1) is 4.88 Å². The van der Waals surface area contributed by atoms with Gasteiger partial charge in [0.25, 0.3) is 11.8 Å². The van der Waals surface area contributed by atoms with Crippen molar-refractivity contribution in [2.75, 3.05) is 26.2 Å². The van der Waals surface area contributed by atoms with Crippen molar-refractivity contribution in [3.63, 3.8) is 0 Å². The van der Waals surface area contributed by atoms with Gasteiger partial charge in [-0.1, -0.05) is 23.7 Å². The van der Waals surface area contributed by atoms with Crippen LogP contribution < -0.4 is 0 Å². The van der Waals surface area contributed by atoms with Crippen molar-refractivity contribution >= 4 is 34.8 Å². The van der Waals surface area contributed by atoms with Gasteiger partial charge in [0.1, 0.15) is 5.82 Å². The molecule has 1 aliphatic heterocycles. The van der Waals surface area contributed by atoms with E-state index in [-0.39, 0.29) is 17.6 Å². The highest BCUT2D eigenvalue weighted by atomic mass is 35.5. The molecule has 0 unspecified atom stereocenters. The maximum atomic E-state index is 13.2. The van der Waals surface area contributed by atoms with Crippen LogP contribution in [0.5, 0.6) is 0 Å². The largest absolute Gasteiger partial charge is 0.335 e. The number of halogens is 2. The molecule has 1 fully saturated rings. The maximum Gasteiger partial charge on any atom is 0.264 e. The highest BCUT2D eigenvalue weighted by molar-refractivity contribution is 7.17. The van der Waals surface area contributed by atoms with Gasteiger partial charge in [-0.25, -0.2) is 4.39 Å². The van der Waals surface area contributed by atoms with E-state index in [1.54, 1.807) is 46.2 Å². The van der Waals surface area contributed by atoms with E-state index in [9.17, 15) is 14.0 Å². The second-order valence-electron chi connectivity index (χ2n) is 7.22. The van der Waals surface area contributed by atoms with E-state index in [0.717, 1.165) is 16.0 Å². The summed E-state index contributed by atoms with van der Waals surface area (Å²) in [4.78, 5) is 30.8. The summed E-state index contributed by atoms with van der Waals surface area (Å²) in [5.74, 6) is -0.366. The first-order valence-corrected chi connectivity index (χ1v) is 10.8. The number of hydrogen-bond donors (Lipinski definition) is 0. The Kier molecular flexibility index (Phi) is 5.88. The molecule has 0 atom stereocenters. The lowest BCUT2D eigenvalue weighted by molar-refractivity contribution is 0.0538. The van der Waals surface area contributed by atoms with E-state index in [2.05, 4.69) is 0 Å². The summed E-state index contributed by atoms with van der Waals surface area (Å²) in [6.07, 6.45) is 0. The molecule has 1 aliphatic rings. The molecule has 2 aromatic carbocycles. The predicted molar refractivity (Wildman–Crippen MR) is 118 cm³/mol. The fourth-order valence-corrected chi connectivity index (χ4v) is 4.79. The number of carbonyl (C=O) groups is 2. The SMILES string of the molecule is Cc1cc(C(=O)N2CCN(C(=O)c3ccc(Cl)cc3)CC2)sc1-c1ccc(F)cc1. The van der Waals surface area contributed by atoms with Crippen LogP contribution in [0.25, 0.3) is 10.4 Å². The molecule has 3 aromatic rings. The minimum absolute atomic E-state index is 0.0324. The van der Waals surface area contributed by atoms with Crippen LogP contribution in [0.4, 0.5) is 4.39 Å². The molecule has 0 radical (unpaired) electrons. The predicted octanol–water partition coefficient (Wildman–Crippen LogP) is 5.11. The highest BCUT2D eigenvalue weighted by Gasteiger charge is 2.26. The van der Waals surface area contributed by atoms with E-state index in [4.69, 9.17) is 11.6 Å². The zero-order chi connectivity index (χ0) is 21.3. The van der Waals surface area contributed by atoms with Crippen LogP contribution in [0.1, 0.15) is 25.6 Å². The van der Waals surface area contributed by atoms with Crippen molar-refractivity contribution < 1.29 is 14.0 Å². The smallest absolute Gasteiger partial charge is 0.264 e. The topological polar surface area (TPSA) is 40.6 Å². The Morgan fingerprint density at radius 1 is 0.900 bits per heavy atom. The summed E-state index contributed by atoms with van der Waals surface area (Å²) >= 11 is 7.31. The summed E-state index contributed by atoms with van der Waals surface area (Å²) in [6, 6.07) is 15.0. The molecular weight excluding hydrogens is 423 g/mol. The molecule has 4 nitrogen and oxygen atoms in total. The molecule has 154 valence electrons. The first-order valence-electron chi connectivity index (χ1n) is 9.63. The van der Waals surface area contributed by atoms with Crippen molar-refractivity contribution in [2.45, 2.75) is 6.92 Å². The minimum atomic E-state index is -0.282. The van der Waals surface area contributed by atoms with E-state index in [1.165, 1.54) is 23.5 Å². The second-order valence-corrected chi connectivity index (χ2v) is 8.71. The number of thiophene rings is 1. The average Bonchev–Trinajstić information content (AvgIpc) is 3.15. The van der Waals surface area contributed by atoms with Gasteiger partial charge in [0.15, 0.2) is 0 Å². The molecule has 7 heteroatoms. The Morgan fingerprint density at radius 2 is 1.47 bits per heavy atom. The van der Waals surface area contributed by atoms with Crippen LogP contribution in [0, 0.1) is 12.7 Å². The maximum absolute atomic E-state index is 13.2. The molecule has 30 heavy (non-hydrogen) atoms. The standard InChI is InChI=1S/C23H20ClFN2O2S/c1-15-14-20(30-21(15)16-4-8-19(25)9-5-16)23(29)27-12-10-26(11-13-27)22(28)17-2-6-18(24)7-3-17/h2-9,14H,10-13H2,1H3. The summed E-state index contributed by atoms with van der Waals surface area (Å²) in [5, 5.41) is 0.591. The quantitative estimate of drug-likeness (QED) is 0.565. The van der Waals surface area contributed by atoms with Crippen molar-refractivity contribution in [1.29, 1.82) is 0 Å². The normalized spacial score (nSPS) is 14.1. The van der Waals surface area contributed by atoms with Gasteiger partial charge in [0, 0.05) is 41.6 Å². The Labute approximate surface area is 183 Å². The van der Waals surface area contributed by atoms with Crippen molar-refractivity contribution in [3.8, 4) is 10.4 Å². The highest BCUT2D eigenvalue weighted by Crippen LogP contribution is 2.33. The number of nitrogens with zero attached hydrogens (tertiary/aromatic N) is 2. The van der Waals surface area contributed by atoms with Crippen LogP contribution in [-0.4, -0.2) is 47.8 Å². The number of carbonyl (C=O) groups excluding carboxylic acids is 2. The van der Waals surface area contributed by atoms with Gasteiger partial charge in [-0.3, -0.25) is 9.59 Å². The van der Waals surface area contributed by atoms with Crippen molar-refractivity contribution in [2.24, 2.45) is 0 Å². The lowest BCUT2D eigenvalue weighted by Crippen LogP contribution is -2.50.